The van der Waals surface area contributed by atoms with Crippen molar-refractivity contribution >= 4 is 5.96 Å². The van der Waals surface area contributed by atoms with Crippen LogP contribution in [-0.4, -0.2) is 78.0 Å². The highest BCUT2D eigenvalue weighted by molar-refractivity contribution is 5.80. The number of benzene rings is 1. The number of guanidine groups is 1. The number of likely N-dealkylation sites (tertiary alicyclic amines) is 1. The zero-order valence-corrected chi connectivity index (χ0v) is 16.6. The third-order valence-electron chi connectivity index (χ3n) is 5.58. The molecule has 7 nitrogen and oxygen atoms in total. The topological polar surface area (TPSA) is 57.9 Å². The second-order valence-electron chi connectivity index (χ2n) is 7.46. The van der Waals surface area contributed by atoms with Gasteiger partial charge in [0.15, 0.2) is 5.96 Å². The summed E-state index contributed by atoms with van der Waals surface area (Å²) in [5.74, 6) is 0.994. The second-order valence-corrected chi connectivity index (χ2v) is 7.46. The van der Waals surface area contributed by atoms with Gasteiger partial charge >= 0.3 is 0 Å². The Labute approximate surface area is 167 Å². The molecule has 3 heterocycles. The van der Waals surface area contributed by atoms with Gasteiger partial charge in [-0.15, -0.1) is 0 Å². The Hall–Kier alpha value is -2.38. The van der Waals surface area contributed by atoms with Crippen LogP contribution < -0.4 is 5.32 Å². The molecule has 4 rings (SSSR count). The first kappa shape index (κ1) is 19.0. The monoisotopic (exact) mass is 382 g/mol. The number of morpholine rings is 1. The fraction of sp³-hybridized carbons (Fsp3) is 0.524. The minimum absolute atomic E-state index is 0.611. The maximum Gasteiger partial charge on any atom is 0.193 e. The third kappa shape index (κ3) is 4.72. The lowest BCUT2D eigenvalue weighted by atomic mass is 10.1. The summed E-state index contributed by atoms with van der Waals surface area (Å²) >= 11 is 0. The predicted molar refractivity (Wildman–Crippen MR) is 110 cm³/mol. The van der Waals surface area contributed by atoms with Crippen molar-refractivity contribution in [3.05, 3.63) is 53.9 Å². The first-order chi connectivity index (χ1) is 13.8. The number of aromatic nitrogens is 2. The maximum absolute atomic E-state index is 5.49. The molecule has 0 aliphatic carbocycles. The van der Waals surface area contributed by atoms with Gasteiger partial charge in [-0.05, 0) is 23.6 Å². The van der Waals surface area contributed by atoms with Gasteiger partial charge in [0.05, 0.1) is 19.8 Å². The van der Waals surface area contributed by atoms with Gasteiger partial charge in [0.1, 0.15) is 0 Å². The normalized spacial score (nSPS) is 21.2. The number of nitrogens with zero attached hydrogens (tertiary/aromatic N) is 5. The molecule has 0 amide bonds. The van der Waals surface area contributed by atoms with Crippen molar-refractivity contribution in [2.75, 3.05) is 46.4 Å². The number of aliphatic imine (C=N–C) groups is 1. The lowest BCUT2D eigenvalue weighted by Crippen LogP contribution is -2.46. The molecule has 7 heteroatoms. The minimum Gasteiger partial charge on any atom is -0.379 e. The third-order valence-corrected chi connectivity index (χ3v) is 5.58. The van der Waals surface area contributed by atoms with Gasteiger partial charge in [-0.1, -0.05) is 24.3 Å². The van der Waals surface area contributed by atoms with E-state index in [-0.39, 0.29) is 0 Å². The predicted octanol–water partition coefficient (Wildman–Crippen LogP) is 1.41. The van der Waals surface area contributed by atoms with Crippen molar-refractivity contribution in [2.24, 2.45) is 4.99 Å². The highest BCUT2D eigenvalue weighted by Crippen LogP contribution is 2.17. The Kier molecular flexibility index (Phi) is 6.24. The summed E-state index contributed by atoms with van der Waals surface area (Å²) in [6, 6.07) is 11.2. The van der Waals surface area contributed by atoms with E-state index in [1.54, 1.807) is 0 Å². The van der Waals surface area contributed by atoms with Gasteiger partial charge < -0.3 is 15.0 Å². The summed E-state index contributed by atoms with van der Waals surface area (Å²) in [5, 5.41) is 7.84. The molecule has 150 valence electrons. The maximum atomic E-state index is 5.49. The molecule has 2 saturated heterocycles. The Bertz CT molecular complexity index is 769. The number of rotatable bonds is 5. The van der Waals surface area contributed by atoms with Gasteiger partial charge in [0.2, 0.25) is 0 Å². The molecule has 0 spiro atoms. The fourth-order valence-electron chi connectivity index (χ4n) is 4.11. The summed E-state index contributed by atoms with van der Waals surface area (Å²) in [5.41, 5.74) is 2.52. The Morgan fingerprint density at radius 3 is 2.86 bits per heavy atom. The van der Waals surface area contributed by atoms with Crippen LogP contribution >= 0.6 is 0 Å². The average Bonchev–Trinajstić information content (AvgIpc) is 3.42. The molecule has 1 N–H and O–H groups in total. The average molecular weight is 383 g/mol. The largest absolute Gasteiger partial charge is 0.379 e. The van der Waals surface area contributed by atoms with E-state index in [9.17, 15) is 0 Å². The molecular formula is C21H30N6O. The molecule has 1 unspecified atom stereocenters. The van der Waals surface area contributed by atoms with E-state index in [2.05, 4.69) is 49.5 Å². The van der Waals surface area contributed by atoms with E-state index >= 15 is 0 Å². The van der Waals surface area contributed by atoms with Crippen molar-refractivity contribution in [3.8, 4) is 0 Å². The lowest BCUT2D eigenvalue weighted by Gasteiger charge is -2.32. The molecule has 28 heavy (non-hydrogen) atoms. The van der Waals surface area contributed by atoms with E-state index in [1.165, 1.54) is 17.5 Å². The minimum atomic E-state index is 0.611. The summed E-state index contributed by atoms with van der Waals surface area (Å²) < 4.78 is 7.43. The molecule has 0 radical (unpaired) electrons. The summed E-state index contributed by atoms with van der Waals surface area (Å²) in [6.45, 7) is 7.49. The van der Waals surface area contributed by atoms with Crippen LogP contribution in [-0.2, 0) is 17.8 Å². The standard InChI is InChI=1S/C21H30N6O/c1-22-21(26-9-6-20(17-26)25-10-12-28-13-11-25)23-15-18-4-2-5-19(14-18)16-27-8-3-7-24-27/h2-5,7-8,14,20H,6,9-13,15-17H2,1H3,(H,22,23). The van der Waals surface area contributed by atoms with Crippen LogP contribution in [0.5, 0.6) is 0 Å². The van der Waals surface area contributed by atoms with Crippen LogP contribution in [0.15, 0.2) is 47.7 Å². The number of nitrogens with one attached hydrogen (secondary N) is 1. The molecule has 2 aliphatic rings. The summed E-state index contributed by atoms with van der Waals surface area (Å²) in [4.78, 5) is 9.47. The van der Waals surface area contributed by atoms with E-state index in [1.807, 2.05) is 30.2 Å². The molecule has 1 aromatic carbocycles. The van der Waals surface area contributed by atoms with Crippen molar-refractivity contribution in [1.82, 2.24) is 24.9 Å². The van der Waals surface area contributed by atoms with Crippen molar-refractivity contribution in [2.45, 2.75) is 25.6 Å². The van der Waals surface area contributed by atoms with Gasteiger partial charge in [-0.25, -0.2) is 0 Å². The smallest absolute Gasteiger partial charge is 0.193 e. The zero-order chi connectivity index (χ0) is 19.2. The van der Waals surface area contributed by atoms with Gasteiger partial charge in [0, 0.05) is 58.2 Å². The first-order valence-electron chi connectivity index (χ1n) is 10.1. The molecule has 0 saturated carbocycles. The molecule has 2 aliphatic heterocycles. The fourth-order valence-corrected chi connectivity index (χ4v) is 4.11. The van der Waals surface area contributed by atoms with Crippen molar-refractivity contribution < 1.29 is 4.74 Å². The molecule has 1 aromatic heterocycles. The van der Waals surface area contributed by atoms with Gasteiger partial charge in [0.25, 0.3) is 0 Å². The van der Waals surface area contributed by atoms with Crippen LogP contribution in [0.1, 0.15) is 17.5 Å². The highest BCUT2D eigenvalue weighted by Gasteiger charge is 2.30. The van der Waals surface area contributed by atoms with Crippen LogP contribution in [0.3, 0.4) is 0 Å². The van der Waals surface area contributed by atoms with Crippen LogP contribution in [0.2, 0.25) is 0 Å². The zero-order valence-electron chi connectivity index (χ0n) is 16.6. The Morgan fingerprint density at radius 2 is 2.07 bits per heavy atom. The van der Waals surface area contributed by atoms with Crippen LogP contribution in [0, 0.1) is 0 Å². The van der Waals surface area contributed by atoms with E-state index < -0.39 is 0 Å². The number of hydrogen-bond donors (Lipinski definition) is 1. The Morgan fingerprint density at radius 1 is 1.21 bits per heavy atom. The number of ether oxygens (including phenoxy) is 1. The van der Waals surface area contributed by atoms with Crippen LogP contribution in [0.4, 0.5) is 0 Å². The molecule has 0 bridgehead atoms. The van der Waals surface area contributed by atoms with E-state index in [0.717, 1.165) is 58.4 Å². The molecular weight excluding hydrogens is 352 g/mol. The first-order valence-corrected chi connectivity index (χ1v) is 10.1. The molecule has 2 fully saturated rings. The van der Waals surface area contributed by atoms with Crippen LogP contribution in [0.25, 0.3) is 0 Å². The summed E-state index contributed by atoms with van der Waals surface area (Å²) in [7, 11) is 1.87. The van der Waals surface area contributed by atoms with Gasteiger partial charge in [-0.2, -0.15) is 5.10 Å². The second kappa shape index (κ2) is 9.21. The lowest BCUT2D eigenvalue weighted by molar-refractivity contribution is 0.0195. The van der Waals surface area contributed by atoms with E-state index in [4.69, 9.17) is 4.74 Å². The Balaban J connectivity index is 1.31. The van der Waals surface area contributed by atoms with E-state index in [0.29, 0.717) is 6.04 Å². The SMILES string of the molecule is CN=C(NCc1cccc(Cn2cccn2)c1)N1CCC(N2CCOCC2)C1. The van der Waals surface area contributed by atoms with Crippen molar-refractivity contribution in [3.63, 3.8) is 0 Å². The summed E-state index contributed by atoms with van der Waals surface area (Å²) in [6.07, 6.45) is 5.00. The number of hydrogen-bond acceptors (Lipinski definition) is 4. The molecule has 1 atom stereocenters. The highest BCUT2D eigenvalue weighted by atomic mass is 16.5. The quantitative estimate of drug-likeness (QED) is 0.626. The van der Waals surface area contributed by atoms with Crippen molar-refractivity contribution in [1.29, 1.82) is 0 Å². The molecule has 2 aromatic rings. The van der Waals surface area contributed by atoms with Gasteiger partial charge in [-0.3, -0.25) is 14.6 Å².